The van der Waals surface area contributed by atoms with E-state index < -0.39 is 0 Å². The number of benzene rings is 2. The Kier molecular flexibility index (Phi) is 7.72. The normalized spacial score (nSPS) is 14.7. The van der Waals surface area contributed by atoms with Gasteiger partial charge in [-0.15, -0.1) is 0 Å². The van der Waals surface area contributed by atoms with E-state index in [-0.39, 0.29) is 12.5 Å². The van der Waals surface area contributed by atoms with Crippen molar-refractivity contribution < 1.29 is 9.53 Å². The predicted octanol–water partition coefficient (Wildman–Crippen LogP) is 4.42. The summed E-state index contributed by atoms with van der Waals surface area (Å²) >= 11 is 0. The van der Waals surface area contributed by atoms with Crippen LogP contribution >= 0.6 is 0 Å². The van der Waals surface area contributed by atoms with Crippen LogP contribution in [0.25, 0.3) is 0 Å². The molecule has 2 aromatic carbocycles. The molecule has 4 heteroatoms. The Morgan fingerprint density at radius 3 is 2.48 bits per heavy atom. The van der Waals surface area contributed by atoms with Crippen LogP contribution in [-0.2, 0) is 11.2 Å². The van der Waals surface area contributed by atoms with E-state index >= 15 is 0 Å². The summed E-state index contributed by atoms with van der Waals surface area (Å²) in [5.41, 5.74) is 2.15. The number of rotatable bonds is 9. The first-order chi connectivity index (χ1) is 13.3. The number of piperidine rings is 1. The third-order valence-corrected chi connectivity index (χ3v) is 5.14. The fraction of sp³-hybridized carbons (Fsp3) is 0.435. The Bertz CT molecular complexity index is 679. The van der Waals surface area contributed by atoms with Gasteiger partial charge in [0.25, 0.3) is 5.91 Å². The van der Waals surface area contributed by atoms with Crippen LogP contribution in [0.2, 0.25) is 0 Å². The number of carbonyl (C=O) groups excluding carboxylic acids is 1. The summed E-state index contributed by atoms with van der Waals surface area (Å²) in [4.78, 5) is 12.0. The fourth-order valence-electron chi connectivity index (χ4n) is 3.55. The lowest BCUT2D eigenvalue weighted by molar-refractivity contribution is -0.118. The zero-order chi connectivity index (χ0) is 18.7. The van der Waals surface area contributed by atoms with Crippen molar-refractivity contribution in [1.29, 1.82) is 0 Å². The first kappa shape index (κ1) is 19.4. The molecule has 144 valence electrons. The van der Waals surface area contributed by atoms with Crippen LogP contribution in [0.4, 0.5) is 5.69 Å². The second-order valence-electron chi connectivity index (χ2n) is 7.29. The van der Waals surface area contributed by atoms with Crippen molar-refractivity contribution in [2.75, 3.05) is 25.0 Å². The molecular formula is C23H30N2O2. The smallest absolute Gasteiger partial charge is 0.262 e. The van der Waals surface area contributed by atoms with E-state index in [0.717, 1.165) is 18.0 Å². The Morgan fingerprint density at radius 1 is 1.00 bits per heavy atom. The largest absolute Gasteiger partial charge is 0.484 e. The van der Waals surface area contributed by atoms with E-state index in [9.17, 15) is 4.79 Å². The van der Waals surface area contributed by atoms with Crippen LogP contribution in [0.5, 0.6) is 5.75 Å². The van der Waals surface area contributed by atoms with Gasteiger partial charge in [-0.25, -0.2) is 0 Å². The van der Waals surface area contributed by atoms with Crippen molar-refractivity contribution in [2.45, 2.75) is 38.5 Å². The monoisotopic (exact) mass is 366 g/mol. The van der Waals surface area contributed by atoms with E-state index in [1.54, 1.807) is 0 Å². The molecule has 1 amide bonds. The van der Waals surface area contributed by atoms with Gasteiger partial charge in [0.15, 0.2) is 6.61 Å². The average molecular weight is 367 g/mol. The first-order valence-corrected chi connectivity index (χ1v) is 10.1. The third-order valence-electron chi connectivity index (χ3n) is 5.14. The molecule has 1 aliphatic heterocycles. The van der Waals surface area contributed by atoms with Crippen molar-refractivity contribution in [2.24, 2.45) is 5.92 Å². The Morgan fingerprint density at radius 2 is 1.74 bits per heavy atom. The molecule has 0 aliphatic carbocycles. The molecular weight excluding hydrogens is 336 g/mol. The van der Waals surface area contributed by atoms with Crippen molar-refractivity contribution >= 4 is 11.6 Å². The maximum absolute atomic E-state index is 12.0. The number of para-hydroxylation sites is 1. The van der Waals surface area contributed by atoms with Crippen molar-refractivity contribution in [3.63, 3.8) is 0 Å². The summed E-state index contributed by atoms with van der Waals surface area (Å²) in [6.07, 6.45) is 7.68. The number of hydrogen-bond donors (Lipinski definition) is 2. The highest BCUT2D eigenvalue weighted by atomic mass is 16.5. The van der Waals surface area contributed by atoms with Gasteiger partial charge >= 0.3 is 0 Å². The van der Waals surface area contributed by atoms with Crippen LogP contribution in [0.1, 0.15) is 37.7 Å². The number of amides is 1. The van der Waals surface area contributed by atoms with Crippen LogP contribution in [0.3, 0.4) is 0 Å². The molecule has 2 N–H and O–H groups in total. The van der Waals surface area contributed by atoms with Crippen LogP contribution in [0, 0.1) is 5.92 Å². The molecule has 2 aromatic rings. The number of hydrogen-bond acceptors (Lipinski definition) is 3. The molecule has 0 spiro atoms. The highest BCUT2D eigenvalue weighted by Crippen LogP contribution is 2.20. The first-order valence-electron chi connectivity index (χ1n) is 10.1. The average Bonchev–Trinajstić information content (AvgIpc) is 2.72. The summed E-state index contributed by atoms with van der Waals surface area (Å²) < 4.78 is 5.46. The molecule has 0 aromatic heterocycles. The molecule has 4 nitrogen and oxygen atoms in total. The van der Waals surface area contributed by atoms with E-state index in [4.69, 9.17) is 4.74 Å². The third kappa shape index (κ3) is 7.06. The van der Waals surface area contributed by atoms with Gasteiger partial charge in [0.2, 0.25) is 0 Å². The molecule has 1 heterocycles. The zero-order valence-electron chi connectivity index (χ0n) is 16.0. The lowest BCUT2D eigenvalue weighted by Crippen LogP contribution is -2.27. The predicted molar refractivity (Wildman–Crippen MR) is 110 cm³/mol. The van der Waals surface area contributed by atoms with Gasteiger partial charge in [-0.2, -0.15) is 0 Å². The summed E-state index contributed by atoms with van der Waals surface area (Å²) in [7, 11) is 0. The van der Waals surface area contributed by atoms with E-state index in [2.05, 4.69) is 22.8 Å². The van der Waals surface area contributed by atoms with Gasteiger partial charge in [-0.05, 0) is 74.5 Å². The molecule has 0 radical (unpaired) electrons. The van der Waals surface area contributed by atoms with Crippen LogP contribution < -0.4 is 15.4 Å². The van der Waals surface area contributed by atoms with E-state index in [1.807, 2.05) is 42.5 Å². The Balaban J connectivity index is 1.33. The van der Waals surface area contributed by atoms with Gasteiger partial charge in [0.1, 0.15) is 5.75 Å². The second-order valence-corrected chi connectivity index (χ2v) is 7.29. The Hall–Kier alpha value is -2.33. The maximum Gasteiger partial charge on any atom is 0.262 e. The summed E-state index contributed by atoms with van der Waals surface area (Å²) in [5, 5.41) is 6.31. The number of anilines is 1. The number of ether oxygens (including phenoxy) is 1. The quantitative estimate of drug-likeness (QED) is 0.646. The summed E-state index contributed by atoms with van der Waals surface area (Å²) in [6.45, 7) is 2.39. The Labute approximate surface area is 162 Å². The van der Waals surface area contributed by atoms with Gasteiger partial charge in [0, 0.05) is 5.69 Å². The number of aryl methyl sites for hydroxylation is 1. The molecule has 27 heavy (non-hydrogen) atoms. The van der Waals surface area contributed by atoms with E-state index in [0.29, 0.717) is 5.75 Å². The minimum atomic E-state index is -0.145. The molecule has 1 fully saturated rings. The number of nitrogens with one attached hydrogen (secondary N) is 2. The summed E-state index contributed by atoms with van der Waals surface area (Å²) in [5.74, 6) is 1.48. The maximum atomic E-state index is 12.0. The topological polar surface area (TPSA) is 50.4 Å². The molecule has 3 rings (SSSR count). The second kappa shape index (κ2) is 10.7. The standard InChI is InChI=1S/C23H30N2O2/c26-23(18-27-22-8-2-1-3-9-22)25-21-12-10-19(11-13-21)6-4-5-7-20-14-16-24-17-15-20/h1-3,8-13,20,24H,4-7,14-18H2,(H,25,26). The molecule has 0 saturated carbocycles. The SMILES string of the molecule is O=C(COc1ccccc1)Nc1ccc(CCCCC2CCNCC2)cc1. The molecule has 0 atom stereocenters. The molecule has 0 bridgehead atoms. The van der Waals surface area contributed by atoms with Gasteiger partial charge < -0.3 is 15.4 Å². The van der Waals surface area contributed by atoms with Gasteiger partial charge in [-0.3, -0.25) is 4.79 Å². The van der Waals surface area contributed by atoms with Crippen LogP contribution in [-0.4, -0.2) is 25.6 Å². The summed E-state index contributed by atoms with van der Waals surface area (Å²) in [6, 6.07) is 17.5. The van der Waals surface area contributed by atoms with E-state index in [1.165, 1.54) is 50.8 Å². The van der Waals surface area contributed by atoms with Gasteiger partial charge in [-0.1, -0.05) is 43.2 Å². The molecule has 1 saturated heterocycles. The van der Waals surface area contributed by atoms with Crippen molar-refractivity contribution in [1.82, 2.24) is 5.32 Å². The highest BCUT2D eigenvalue weighted by molar-refractivity contribution is 5.91. The number of unbranched alkanes of at least 4 members (excludes halogenated alkanes) is 1. The van der Waals surface area contributed by atoms with Crippen LogP contribution in [0.15, 0.2) is 54.6 Å². The molecule has 0 unspecified atom stereocenters. The zero-order valence-corrected chi connectivity index (χ0v) is 16.0. The number of carbonyl (C=O) groups is 1. The van der Waals surface area contributed by atoms with Crippen molar-refractivity contribution in [3.05, 3.63) is 60.2 Å². The minimum absolute atomic E-state index is 0.0163. The van der Waals surface area contributed by atoms with Gasteiger partial charge in [0.05, 0.1) is 0 Å². The lowest BCUT2D eigenvalue weighted by Gasteiger charge is -2.22. The van der Waals surface area contributed by atoms with Crippen molar-refractivity contribution in [3.8, 4) is 5.75 Å². The fourth-order valence-corrected chi connectivity index (χ4v) is 3.55. The molecule has 1 aliphatic rings. The minimum Gasteiger partial charge on any atom is -0.484 e. The lowest BCUT2D eigenvalue weighted by atomic mass is 9.92. The highest BCUT2D eigenvalue weighted by Gasteiger charge is 2.12.